The molecule has 1 aromatic heterocycles. The highest BCUT2D eigenvalue weighted by molar-refractivity contribution is 6.17. The minimum atomic E-state index is -0.863. The Balaban J connectivity index is 1.87. The minimum Gasteiger partial charge on any atom is -0.394 e. The summed E-state index contributed by atoms with van der Waals surface area (Å²) in [5.74, 6) is 6.54. The van der Waals surface area contributed by atoms with E-state index in [0.29, 0.717) is 6.42 Å². The van der Waals surface area contributed by atoms with Gasteiger partial charge in [-0.05, 0) is 12.8 Å². The van der Waals surface area contributed by atoms with Gasteiger partial charge in [-0.1, -0.05) is 43.9 Å². The fraction of sp³-hybridized carbons (Fsp3) is 0.700. The lowest BCUT2D eigenvalue weighted by Gasteiger charge is -2.14. The number of ether oxygens (including phenoxy) is 1. The Kier molecular flexibility index (Phi) is 9.79. The number of hydrogen-bond acceptors (Lipinski definition) is 5. The molecule has 2 heterocycles. The van der Waals surface area contributed by atoms with Crippen LogP contribution in [0.3, 0.4) is 0 Å². The van der Waals surface area contributed by atoms with E-state index in [2.05, 4.69) is 16.8 Å². The van der Waals surface area contributed by atoms with Gasteiger partial charge in [-0.2, -0.15) is 0 Å². The number of aliphatic hydroxyl groups is 2. The van der Waals surface area contributed by atoms with Gasteiger partial charge >= 0.3 is 5.69 Å². The third-order valence-corrected chi connectivity index (χ3v) is 5.09. The molecule has 8 heteroatoms. The molecule has 1 aliphatic heterocycles. The lowest BCUT2D eigenvalue weighted by Crippen LogP contribution is -2.33. The van der Waals surface area contributed by atoms with Crippen molar-refractivity contribution in [1.29, 1.82) is 0 Å². The first-order valence-electron chi connectivity index (χ1n) is 9.91. The maximum atomic E-state index is 12.1. The quantitative estimate of drug-likeness (QED) is 0.309. The van der Waals surface area contributed by atoms with Crippen LogP contribution in [0.1, 0.15) is 69.6 Å². The van der Waals surface area contributed by atoms with Crippen molar-refractivity contribution in [2.75, 3.05) is 12.5 Å². The second kappa shape index (κ2) is 12.1. The Hall–Kier alpha value is -1.59. The first kappa shape index (κ1) is 22.7. The molecule has 0 bridgehead atoms. The van der Waals surface area contributed by atoms with Crippen LogP contribution in [-0.4, -0.2) is 44.5 Å². The molecule has 3 atom stereocenters. The normalized spacial score (nSPS) is 21.5. The van der Waals surface area contributed by atoms with Crippen molar-refractivity contribution in [1.82, 2.24) is 9.55 Å². The van der Waals surface area contributed by atoms with Crippen molar-refractivity contribution in [2.24, 2.45) is 0 Å². The average molecular weight is 413 g/mol. The molecular formula is C20H29ClN2O5. The number of aromatic nitrogens is 2. The van der Waals surface area contributed by atoms with E-state index in [9.17, 15) is 19.8 Å². The maximum absolute atomic E-state index is 12.1. The standard InChI is InChI=1S/C20H29ClN2O5/c21-11-9-7-5-3-1-2-4-6-8-10-15-13-23(20(27)22-19(15)26)18-12-16(25)17(14-24)28-18/h13,16-18,24-25H,1-7,9,11-12,14H2,(H,22,26,27). The van der Waals surface area contributed by atoms with E-state index in [1.165, 1.54) is 36.4 Å². The van der Waals surface area contributed by atoms with Gasteiger partial charge in [0.25, 0.3) is 5.56 Å². The van der Waals surface area contributed by atoms with Gasteiger partial charge in [0.15, 0.2) is 0 Å². The van der Waals surface area contributed by atoms with Crippen LogP contribution in [-0.2, 0) is 4.74 Å². The molecule has 1 saturated heterocycles. The number of unbranched alkanes of at least 4 members (excludes halogenated alkanes) is 7. The monoisotopic (exact) mass is 412 g/mol. The number of H-pyrrole nitrogens is 1. The second-order valence-corrected chi connectivity index (χ2v) is 7.42. The number of aliphatic hydroxyl groups excluding tert-OH is 2. The summed E-state index contributed by atoms with van der Waals surface area (Å²) in [5.41, 5.74) is -0.975. The Morgan fingerprint density at radius 3 is 2.50 bits per heavy atom. The Morgan fingerprint density at radius 2 is 1.86 bits per heavy atom. The Morgan fingerprint density at radius 1 is 1.18 bits per heavy atom. The van der Waals surface area contributed by atoms with Crippen molar-refractivity contribution in [2.45, 2.75) is 76.2 Å². The fourth-order valence-electron chi connectivity index (χ4n) is 3.19. The van der Waals surface area contributed by atoms with Crippen molar-refractivity contribution in [3.8, 4) is 11.8 Å². The molecule has 1 aliphatic rings. The Bertz CT molecular complexity index is 779. The third-order valence-electron chi connectivity index (χ3n) is 4.82. The molecule has 7 nitrogen and oxygen atoms in total. The van der Waals surface area contributed by atoms with Gasteiger partial charge in [0.2, 0.25) is 0 Å². The molecule has 3 unspecified atom stereocenters. The van der Waals surface area contributed by atoms with E-state index in [1.807, 2.05) is 0 Å². The van der Waals surface area contributed by atoms with Crippen molar-refractivity contribution in [3.05, 3.63) is 32.6 Å². The number of hydrogen-bond donors (Lipinski definition) is 3. The van der Waals surface area contributed by atoms with Crippen LogP contribution < -0.4 is 11.2 Å². The number of alkyl halides is 1. The summed E-state index contributed by atoms with van der Waals surface area (Å²) in [6.07, 6.45) is 7.78. The molecule has 28 heavy (non-hydrogen) atoms. The van der Waals surface area contributed by atoms with Gasteiger partial charge in [-0.25, -0.2) is 4.79 Å². The van der Waals surface area contributed by atoms with Crippen LogP contribution in [0.25, 0.3) is 0 Å². The summed E-state index contributed by atoms with van der Waals surface area (Å²) >= 11 is 5.65. The first-order chi connectivity index (χ1) is 13.6. The molecule has 0 radical (unpaired) electrons. The molecule has 1 fully saturated rings. The molecule has 1 aromatic rings. The number of nitrogens with one attached hydrogen (secondary N) is 1. The van der Waals surface area contributed by atoms with Crippen molar-refractivity contribution in [3.63, 3.8) is 0 Å². The van der Waals surface area contributed by atoms with E-state index >= 15 is 0 Å². The average Bonchev–Trinajstić information content (AvgIpc) is 3.05. The van der Waals surface area contributed by atoms with Gasteiger partial charge in [-0.3, -0.25) is 14.3 Å². The van der Waals surface area contributed by atoms with E-state index in [-0.39, 0.29) is 18.6 Å². The minimum absolute atomic E-state index is 0.162. The topological polar surface area (TPSA) is 105 Å². The number of rotatable bonds is 10. The van der Waals surface area contributed by atoms with Gasteiger partial charge in [0.05, 0.1) is 12.7 Å². The van der Waals surface area contributed by atoms with E-state index in [1.54, 1.807) is 0 Å². The van der Waals surface area contributed by atoms with Crippen LogP contribution >= 0.6 is 11.6 Å². The first-order valence-corrected chi connectivity index (χ1v) is 10.4. The zero-order valence-corrected chi connectivity index (χ0v) is 16.8. The SMILES string of the molecule is O=c1[nH]c(=O)n(C2CC(O)C(CO)O2)cc1C#CCCCCCCCCCCl. The second-order valence-electron chi connectivity index (χ2n) is 7.04. The van der Waals surface area contributed by atoms with E-state index in [0.717, 1.165) is 25.1 Å². The van der Waals surface area contributed by atoms with Gasteiger partial charge in [-0.15, -0.1) is 11.6 Å². The van der Waals surface area contributed by atoms with Gasteiger partial charge in [0.1, 0.15) is 17.9 Å². The van der Waals surface area contributed by atoms with E-state index in [4.69, 9.17) is 16.3 Å². The maximum Gasteiger partial charge on any atom is 0.330 e. The lowest BCUT2D eigenvalue weighted by molar-refractivity contribution is -0.0459. The van der Waals surface area contributed by atoms with Crippen LogP contribution in [0, 0.1) is 11.8 Å². The summed E-state index contributed by atoms with van der Waals surface area (Å²) in [7, 11) is 0. The molecule has 0 spiro atoms. The molecule has 156 valence electrons. The van der Waals surface area contributed by atoms with Crippen LogP contribution in [0.5, 0.6) is 0 Å². The summed E-state index contributed by atoms with van der Waals surface area (Å²) in [5, 5.41) is 19.0. The van der Waals surface area contributed by atoms with Crippen molar-refractivity contribution >= 4 is 11.6 Å². The smallest absolute Gasteiger partial charge is 0.330 e. The number of aromatic amines is 1. The summed E-state index contributed by atoms with van der Waals surface area (Å²) < 4.78 is 6.69. The molecular weight excluding hydrogens is 384 g/mol. The predicted molar refractivity (Wildman–Crippen MR) is 107 cm³/mol. The zero-order chi connectivity index (χ0) is 20.4. The molecule has 0 saturated carbocycles. The molecule has 3 N–H and O–H groups in total. The summed E-state index contributed by atoms with van der Waals surface area (Å²) in [4.78, 5) is 26.3. The lowest BCUT2D eigenvalue weighted by atomic mass is 10.1. The van der Waals surface area contributed by atoms with Gasteiger partial charge in [0, 0.05) is 24.9 Å². The van der Waals surface area contributed by atoms with Crippen molar-refractivity contribution < 1.29 is 14.9 Å². The largest absolute Gasteiger partial charge is 0.394 e. The third kappa shape index (κ3) is 6.78. The van der Waals surface area contributed by atoms with Crippen LogP contribution in [0.15, 0.2) is 15.8 Å². The predicted octanol–water partition coefficient (Wildman–Crippen LogP) is 1.89. The Labute approximate surface area is 169 Å². The fourth-order valence-corrected chi connectivity index (χ4v) is 3.38. The van der Waals surface area contributed by atoms with Gasteiger partial charge < -0.3 is 14.9 Å². The molecule has 0 amide bonds. The summed E-state index contributed by atoms with van der Waals surface area (Å²) in [6.45, 7) is -0.338. The van der Waals surface area contributed by atoms with Crippen LogP contribution in [0.2, 0.25) is 0 Å². The number of nitrogens with zero attached hydrogens (tertiary/aromatic N) is 1. The van der Waals surface area contributed by atoms with Crippen LogP contribution in [0.4, 0.5) is 0 Å². The highest BCUT2D eigenvalue weighted by atomic mass is 35.5. The summed E-state index contributed by atoms with van der Waals surface area (Å²) in [6, 6.07) is 0. The highest BCUT2D eigenvalue weighted by Crippen LogP contribution is 2.27. The zero-order valence-electron chi connectivity index (χ0n) is 16.0. The van der Waals surface area contributed by atoms with E-state index < -0.39 is 29.7 Å². The number of halogens is 1. The molecule has 2 rings (SSSR count). The highest BCUT2D eigenvalue weighted by Gasteiger charge is 2.35. The molecule has 0 aliphatic carbocycles. The molecule has 0 aromatic carbocycles.